The first-order valence-electron chi connectivity index (χ1n) is 5.97. The smallest absolute Gasteiger partial charge is 0.0940 e. The van der Waals surface area contributed by atoms with Crippen LogP contribution in [0.4, 0.5) is 0 Å². The van der Waals surface area contributed by atoms with E-state index in [1.165, 1.54) is 12.8 Å². The van der Waals surface area contributed by atoms with Gasteiger partial charge in [-0.15, -0.1) is 11.8 Å². The van der Waals surface area contributed by atoms with E-state index >= 15 is 0 Å². The number of ether oxygens (including phenoxy) is 1. The van der Waals surface area contributed by atoms with E-state index in [2.05, 4.69) is 11.8 Å². The number of hydrogen-bond acceptors (Lipinski definition) is 2. The Hall–Kier alpha value is -0.520. The lowest BCUT2D eigenvalue weighted by Gasteiger charge is -2.33. The Bertz CT molecular complexity index is 231. The van der Waals surface area contributed by atoms with Crippen LogP contribution in [-0.4, -0.2) is 23.4 Å². The maximum atomic E-state index is 10.2. The molecule has 0 bridgehead atoms. The SMILES string of the molecule is CC#CCCC(O)C1(OCC)CCCC1. The third-order valence-electron chi connectivity index (χ3n) is 3.21. The summed E-state index contributed by atoms with van der Waals surface area (Å²) in [7, 11) is 0. The van der Waals surface area contributed by atoms with E-state index in [4.69, 9.17) is 4.74 Å². The molecular formula is C13H22O2. The maximum Gasteiger partial charge on any atom is 0.0940 e. The van der Waals surface area contributed by atoms with Crippen molar-refractivity contribution in [2.45, 2.75) is 64.1 Å². The van der Waals surface area contributed by atoms with E-state index in [1.807, 2.05) is 13.8 Å². The van der Waals surface area contributed by atoms with Crippen molar-refractivity contribution in [1.82, 2.24) is 0 Å². The molecule has 0 amide bonds. The second-order valence-electron chi connectivity index (χ2n) is 4.19. The standard InChI is InChI=1S/C13H22O2/c1-3-5-6-9-12(14)13(15-4-2)10-7-8-11-13/h12,14H,4,6-11H2,1-2H3. The molecule has 2 nitrogen and oxygen atoms in total. The van der Waals surface area contributed by atoms with Gasteiger partial charge in [-0.3, -0.25) is 0 Å². The summed E-state index contributed by atoms with van der Waals surface area (Å²) in [5.41, 5.74) is -0.260. The summed E-state index contributed by atoms with van der Waals surface area (Å²) in [6, 6.07) is 0. The lowest BCUT2D eigenvalue weighted by molar-refractivity contribution is -0.118. The monoisotopic (exact) mass is 210 g/mol. The molecule has 0 aromatic carbocycles. The summed E-state index contributed by atoms with van der Waals surface area (Å²) in [5, 5.41) is 10.2. The van der Waals surface area contributed by atoms with Crippen LogP contribution in [0.2, 0.25) is 0 Å². The summed E-state index contributed by atoms with van der Waals surface area (Å²) in [6.45, 7) is 4.52. The quantitative estimate of drug-likeness (QED) is 0.706. The topological polar surface area (TPSA) is 29.5 Å². The Labute approximate surface area is 93.0 Å². The molecule has 0 heterocycles. The molecule has 1 aliphatic carbocycles. The molecule has 0 aromatic heterocycles. The second kappa shape index (κ2) is 6.15. The summed E-state index contributed by atoms with van der Waals surface area (Å²) in [6.07, 6.45) is 5.52. The minimum absolute atomic E-state index is 0.260. The Balaban J connectivity index is 2.49. The van der Waals surface area contributed by atoms with Crippen LogP contribution in [0.15, 0.2) is 0 Å². The summed E-state index contributed by atoms with van der Waals surface area (Å²) in [4.78, 5) is 0. The lowest BCUT2D eigenvalue weighted by atomic mass is 9.91. The minimum atomic E-state index is -0.346. The first kappa shape index (κ1) is 12.5. The van der Waals surface area contributed by atoms with E-state index in [0.717, 1.165) is 25.7 Å². The molecular weight excluding hydrogens is 188 g/mol. The molecule has 1 unspecified atom stereocenters. The highest BCUT2D eigenvalue weighted by Gasteiger charge is 2.40. The molecule has 0 aromatic rings. The van der Waals surface area contributed by atoms with E-state index in [0.29, 0.717) is 6.61 Å². The number of rotatable bonds is 5. The van der Waals surface area contributed by atoms with Gasteiger partial charge in [-0.05, 0) is 33.1 Å². The highest BCUT2D eigenvalue weighted by molar-refractivity contribution is 4.98. The van der Waals surface area contributed by atoms with Gasteiger partial charge >= 0.3 is 0 Å². The summed E-state index contributed by atoms with van der Waals surface area (Å²) < 4.78 is 5.78. The molecule has 2 heteroatoms. The second-order valence-corrected chi connectivity index (χ2v) is 4.19. The molecule has 1 rings (SSSR count). The van der Waals surface area contributed by atoms with Crippen LogP contribution >= 0.6 is 0 Å². The summed E-state index contributed by atoms with van der Waals surface area (Å²) >= 11 is 0. The Morgan fingerprint density at radius 3 is 2.60 bits per heavy atom. The van der Waals surface area contributed by atoms with Gasteiger partial charge in [0.1, 0.15) is 0 Å². The van der Waals surface area contributed by atoms with Gasteiger partial charge in [-0.25, -0.2) is 0 Å². The average Bonchev–Trinajstić information content (AvgIpc) is 2.68. The third kappa shape index (κ3) is 3.22. The van der Waals surface area contributed by atoms with Crippen molar-refractivity contribution < 1.29 is 9.84 Å². The van der Waals surface area contributed by atoms with Gasteiger partial charge < -0.3 is 9.84 Å². The van der Waals surface area contributed by atoms with Gasteiger partial charge in [-0.2, -0.15) is 0 Å². The highest BCUT2D eigenvalue weighted by Crippen LogP contribution is 2.37. The maximum absolute atomic E-state index is 10.2. The minimum Gasteiger partial charge on any atom is -0.390 e. The fraction of sp³-hybridized carbons (Fsp3) is 0.846. The van der Waals surface area contributed by atoms with Crippen molar-refractivity contribution in [2.24, 2.45) is 0 Å². The zero-order chi connectivity index (χ0) is 11.1. The molecule has 15 heavy (non-hydrogen) atoms. The Morgan fingerprint density at radius 1 is 1.40 bits per heavy atom. The molecule has 0 radical (unpaired) electrons. The molecule has 0 spiro atoms. The van der Waals surface area contributed by atoms with Crippen molar-refractivity contribution >= 4 is 0 Å². The predicted octanol–water partition coefficient (Wildman–Crippen LogP) is 2.50. The number of aliphatic hydroxyl groups excluding tert-OH is 1. The van der Waals surface area contributed by atoms with Crippen molar-refractivity contribution in [1.29, 1.82) is 0 Å². The van der Waals surface area contributed by atoms with E-state index in [1.54, 1.807) is 0 Å². The fourth-order valence-electron chi connectivity index (χ4n) is 2.43. The van der Waals surface area contributed by atoms with Crippen molar-refractivity contribution in [3.8, 4) is 11.8 Å². The van der Waals surface area contributed by atoms with Crippen LogP contribution in [0.3, 0.4) is 0 Å². The number of hydrogen-bond donors (Lipinski definition) is 1. The van der Waals surface area contributed by atoms with Crippen LogP contribution in [0.25, 0.3) is 0 Å². The van der Waals surface area contributed by atoms with Crippen LogP contribution in [0, 0.1) is 11.8 Å². The zero-order valence-electron chi connectivity index (χ0n) is 9.88. The first-order valence-corrected chi connectivity index (χ1v) is 5.97. The van der Waals surface area contributed by atoms with Gasteiger partial charge in [-0.1, -0.05) is 12.8 Å². The Morgan fingerprint density at radius 2 is 2.07 bits per heavy atom. The van der Waals surface area contributed by atoms with E-state index < -0.39 is 0 Å². The van der Waals surface area contributed by atoms with E-state index in [-0.39, 0.29) is 11.7 Å². The third-order valence-corrected chi connectivity index (χ3v) is 3.21. The molecule has 86 valence electrons. The first-order chi connectivity index (χ1) is 7.25. The van der Waals surface area contributed by atoms with Crippen molar-refractivity contribution in [2.75, 3.05) is 6.61 Å². The molecule has 1 atom stereocenters. The van der Waals surface area contributed by atoms with Crippen molar-refractivity contribution in [3.05, 3.63) is 0 Å². The van der Waals surface area contributed by atoms with Gasteiger partial charge in [0.25, 0.3) is 0 Å². The van der Waals surface area contributed by atoms with Crippen LogP contribution in [0.1, 0.15) is 52.4 Å². The van der Waals surface area contributed by atoms with Crippen LogP contribution in [-0.2, 0) is 4.74 Å². The molecule has 1 N–H and O–H groups in total. The van der Waals surface area contributed by atoms with Crippen LogP contribution < -0.4 is 0 Å². The van der Waals surface area contributed by atoms with Gasteiger partial charge in [0.05, 0.1) is 11.7 Å². The lowest BCUT2D eigenvalue weighted by Crippen LogP contribution is -2.42. The van der Waals surface area contributed by atoms with Crippen LogP contribution in [0.5, 0.6) is 0 Å². The molecule has 1 saturated carbocycles. The largest absolute Gasteiger partial charge is 0.390 e. The predicted molar refractivity (Wildman–Crippen MR) is 61.5 cm³/mol. The van der Waals surface area contributed by atoms with E-state index in [9.17, 15) is 5.11 Å². The molecule has 1 aliphatic rings. The van der Waals surface area contributed by atoms with Gasteiger partial charge in [0.2, 0.25) is 0 Å². The molecule has 1 fully saturated rings. The average molecular weight is 210 g/mol. The molecule has 0 aliphatic heterocycles. The molecule has 0 saturated heterocycles. The van der Waals surface area contributed by atoms with Gasteiger partial charge in [0, 0.05) is 13.0 Å². The van der Waals surface area contributed by atoms with Gasteiger partial charge in [0.15, 0.2) is 0 Å². The number of aliphatic hydroxyl groups is 1. The Kier molecular flexibility index (Phi) is 5.14. The van der Waals surface area contributed by atoms with Crippen molar-refractivity contribution in [3.63, 3.8) is 0 Å². The fourth-order valence-corrected chi connectivity index (χ4v) is 2.43. The highest BCUT2D eigenvalue weighted by atomic mass is 16.5. The normalized spacial score (nSPS) is 20.7. The zero-order valence-corrected chi connectivity index (χ0v) is 9.88. The summed E-state index contributed by atoms with van der Waals surface area (Å²) in [5.74, 6) is 5.85.